The Labute approximate surface area is 185 Å². The third-order valence-electron chi connectivity index (χ3n) is 4.74. The summed E-state index contributed by atoms with van der Waals surface area (Å²) in [5.74, 6) is -0.428. The fourth-order valence-electron chi connectivity index (χ4n) is 3.08. The van der Waals surface area contributed by atoms with Gasteiger partial charge in [-0.3, -0.25) is 0 Å². The van der Waals surface area contributed by atoms with Crippen LogP contribution in [-0.2, 0) is 9.53 Å². The topological polar surface area (TPSA) is 82.7 Å². The van der Waals surface area contributed by atoms with Crippen LogP contribution in [0.15, 0.2) is 59.8 Å². The predicted octanol–water partition coefficient (Wildman–Crippen LogP) is 4.29. The Morgan fingerprint density at radius 2 is 1.80 bits per heavy atom. The average Bonchev–Trinajstić information content (AvgIpc) is 2.72. The summed E-state index contributed by atoms with van der Waals surface area (Å²) in [6, 6.07) is 13.2. The quantitative estimate of drug-likeness (QED) is 0.482. The van der Waals surface area contributed by atoms with Crippen LogP contribution in [0, 0.1) is 0 Å². The Balaban J connectivity index is 1.76. The van der Waals surface area contributed by atoms with Gasteiger partial charge in [0.1, 0.15) is 0 Å². The fraction of sp³-hybridized carbons (Fsp3) is 0.190. The SMILES string of the molecule is COC(=O)C1=C(C)N(C)C(=S)NC1c1ccc(NC(=O)Nc2cccc(Cl)c2)cc1. The minimum atomic E-state index is -0.449. The zero-order valence-electron chi connectivity index (χ0n) is 16.7. The lowest BCUT2D eigenvalue weighted by atomic mass is 9.95. The summed E-state index contributed by atoms with van der Waals surface area (Å²) in [7, 11) is 3.13. The number of carbonyl (C=O) groups excluding carboxylic acids is 2. The number of nitrogens with zero attached hydrogens (tertiary/aromatic N) is 1. The van der Waals surface area contributed by atoms with Crippen molar-refractivity contribution in [1.82, 2.24) is 10.2 Å². The lowest BCUT2D eigenvalue weighted by molar-refractivity contribution is -0.136. The van der Waals surface area contributed by atoms with Crippen LogP contribution in [0.25, 0.3) is 0 Å². The van der Waals surface area contributed by atoms with E-state index in [4.69, 9.17) is 28.6 Å². The Hall–Kier alpha value is -3.10. The number of esters is 1. The van der Waals surface area contributed by atoms with Gasteiger partial charge in [0.05, 0.1) is 18.7 Å². The lowest BCUT2D eigenvalue weighted by Crippen LogP contribution is -2.46. The molecule has 1 unspecified atom stereocenters. The van der Waals surface area contributed by atoms with E-state index in [0.717, 1.165) is 11.3 Å². The number of nitrogens with one attached hydrogen (secondary N) is 3. The number of thiocarbonyl (C=S) groups is 1. The Bertz CT molecular complexity index is 1020. The van der Waals surface area contributed by atoms with E-state index in [-0.39, 0.29) is 0 Å². The summed E-state index contributed by atoms with van der Waals surface area (Å²) in [5, 5.41) is 9.68. The molecule has 9 heteroatoms. The number of allylic oxidation sites excluding steroid dienone is 1. The highest BCUT2D eigenvalue weighted by Gasteiger charge is 2.33. The Morgan fingerprint density at radius 3 is 2.43 bits per heavy atom. The average molecular weight is 445 g/mol. The van der Waals surface area contributed by atoms with Gasteiger partial charge in [-0.2, -0.15) is 0 Å². The van der Waals surface area contributed by atoms with Gasteiger partial charge in [-0.15, -0.1) is 0 Å². The number of carbonyl (C=O) groups is 2. The first-order valence-corrected chi connectivity index (χ1v) is 9.85. The van der Waals surface area contributed by atoms with Crippen molar-refractivity contribution in [3.05, 3.63) is 70.4 Å². The van der Waals surface area contributed by atoms with E-state index in [2.05, 4.69) is 16.0 Å². The van der Waals surface area contributed by atoms with Crippen LogP contribution in [0.5, 0.6) is 0 Å². The Morgan fingerprint density at radius 1 is 1.13 bits per heavy atom. The summed E-state index contributed by atoms with van der Waals surface area (Å²) in [4.78, 5) is 26.3. The molecule has 0 saturated carbocycles. The van der Waals surface area contributed by atoms with Crippen molar-refractivity contribution in [2.24, 2.45) is 0 Å². The first-order valence-electron chi connectivity index (χ1n) is 9.07. The number of hydrogen-bond donors (Lipinski definition) is 3. The molecule has 3 rings (SSSR count). The summed E-state index contributed by atoms with van der Waals surface area (Å²) in [6.45, 7) is 1.82. The number of rotatable bonds is 4. The number of benzene rings is 2. The number of anilines is 2. The summed E-state index contributed by atoms with van der Waals surface area (Å²) >= 11 is 11.3. The van der Waals surface area contributed by atoms with Crippen LogP contribution in [0.4, 0.5) is 16.2 Å². The molecule has 2 aromatic carbocycles. The maximum Gasteiger partial charge on any atom is 0.337 e. The van der Waals surface area contributed by atoms with Gasteiger partial charge in [-0.25, -0.2) is 9.59 Å². The maximum atomic E-state index is 12.4. The first kappa shape index (κ1) is 21.6. The monoisotopic (exact) mass is 444 g/mol. The van der Waals surface area contributed by atoms with Crippen LogP contribution in [-0.4, -0.2) is 36.2 Å². The van der Waals surface area contributed by atoms with Crippen molar-refractivity contribution in [3.8, 4) is 0 Å². The smallest absolute Gasteiger partial charge is 0.337 e. The van der Waals surface area contributed by atoms with Crippen molar-refractivity contribution in [3.63, 3.8) is 0 Å². The second-order valence-corrected chi connectivity index (χ2v) is 7.47. The fourth-order valence-corrected chi connectivity index (χ4v) is 3.52. The number of halogens is 1. The molecule has 3 N–H and O–H groups in total. The largest absolute Gasteiger partial charge is 0.466 e. The van der Waals surface area contributed by atoms with Crippen molar-refractivity contribution in [1.29, 1.82) is 0 Å². The Kier molecular flexibility index (Phi) is 6.59. The first-order chi connectivity index (χ1) is 14.3. The molecule has 0 aromatic heterocycles. The summed E-state index contributed by atoms with van der Waals surface area (Å²) in [6.07, 6.45) is 0. The molecular weight excluding hydrogens is 424 g/mol. The molecule has 1 atom stereocenters. The number of amides is 2. The van der Waals surface area contributed by atoms with Crippen LogP contribution >= 0.6 is 23.8 Å². The van der Waals surface area contributed by atoms with Crippen LogP contribution in [0.3, 0.4) is 0 Å². The van der Waals surface area contributed by atoms with Gasteiger partial charge in [0, 0.05) is 29.1 Å². The predicted molar refractivity (Wildman–Crippen MR) is 121 cm³/mol. The van der Waals surface area contributed by atoms with Gasteiger partial charge < -0.3 is 25.6 Å². The summed E-state index contributed by atoms with van der Waals surface area (Å²) < 4.78 is 4.96. The normalized spacial score (nSPS) is 16.1. The van der Waals surface area contributed by atoms with E-state index in [1.165, 1.54) is 7.11 Å². The van der Waals surface area contributed by atoms with E-state index >= 15 is 0 Å². The number of methoxy groups -OCH3 is 1. The van der Waals surface area contributed by atoms with Crippen LogP contribution in [0.1, 0.15) is 18.5 Å². The molecule has 0 spiro atoms. The molecular formula is C21H21ClN4O3S. The third-order valence-corrected chi connectivity index (χ3v) is 5.37. The molecule has 7 nitrogen and oxygen atoms in total. The van der Waals surface area contributed by atoms with E-state index in [1.54, 1.807) is 48.3 Å². The number of hydrogen-bond acceptors (Lipinski definition) is 4. The van der Waals surface area contributed by atoms with Gasteiger partial charge in [0.15, 0.2) is 5.11 Å². The number of ether oxygens (including phenoxy) is 1. The molecule has 0 bridgehead atoms. The zero-order valence-corrected chi connectivity index (χ0v) is 18.2. The molecule has 156 valence electrons. The van der Waals surface area contributed by atoms with Crippen molar-refractivity contribution in [2.45, 2.75) is 13.0 Å². The van der Waals surface area contributed by atoms with Gasteiger partial charge >= 0.3 is 12.0 Å². The van der Waals surface area contributed by atoms with E-state index < -0.39 is 18.0 Å². The number of urea groups is 1. The van der Waals surface area contributed by atoms with Crippen LogP contribution < -0.4 is 16.0 Å². The maximum absolute atomic E-state index is 12.4. The highest BCUT2D eigenvalue weighted by atomic mass is 35.5. The minimum absolute atomic E-state index is 0.394. The van der Waals surface area contributed by atoms with Gasteiger partial charge in [0.2, 0.25) is 0 Å². The van der Waals surface area contributed by atoms with Crippen LogP contribution in [0.2, 0.25) is 5.02 Å². The lowest BCUT2D eigenvalue weighted by Gasteiger charge is -2.35. The summed E-state index contributed by atoms with van der Waals surface area (Å²) in [5.41, 5.74) is 3.19. The third kappa shape index (κ3) is 4.72. The van der Waals surface area contributed by atoms with Gasteiger partial charge in [-0.05, 0) is 55.0 Å². The van der Waals surface area contributed by atoms with E-state index in [9.17, 15) is 9.59 Å². The standard InChI is InChI=1S/C21H21ClN4O3S/c1-12-17(19(27)29-3)18(25-21(30)26(12)2)13-7-9-15(10-8-13)23-20(28)24-16-6-4-5-14(22)11-16/h4-11,18H,1-3H3,(H,25,30)(H2,23,24,28). The van der Waals surface area contributed by atoms with Crippen molar-refractivity contribution < 1.29 is 14.3 Å². The molecule has 30 heavy (non-hydrogen) atoms. The second-order valence-electron chi connectivity index (χ2n) is 6.64. The second kappa shape index (κ2) is 9.15. The highest BCUT2D eigenvalue weighted by Crippen LogP contribution is 2.31. The van der Waals surface area contributed by atoms with Crippen molar-refractivity contribution >= 4 is 52.3 Å². The molecule has 0 fully saturated rings. The van der Waals surface area contributed by atoms with Gasteiger partial charge in [0.25, 0.3) is 0 Å². The highest BCUT2D eigenvalue weighted by molar-refractivity contribution is 7.80. The molecule has 0 aliphatic carbocycles. The minimum Gasteiger partial charge on any atom is -0.466 e. The molecule has 2 amide bonds. The molecule has 1 heterocycles. The molecule has 1 aliphatic heterocycles. The molecule has 0 saturated heterocycles. The zero-order chi connectivity index (χ0) is 21.8. The van der Waals surface area contributed by atoms with E-state index in [0.29, 0.717) is 27.1 Å². The van der Waals surface area contributed by atoms with Crippen molar-refractivity contribution in [2.75, 3.05) is 24.8 Å². The van der Waals surface area contributed by atoms with E-state index in [1.807, 2.05) is 19.1 Å². The van der Waals surface area contributed by atoms with Gasteiger partial charge in [-0.1, -0.05) is 29.8 Å². The molecule has 2 aromatic rings. The molecule has 1 aliphatic rings. The molecule has 0 radical (unpaired) electrons.